The Kier molecular flexibility index (Phi) is 6.51. The molecule has 31 heavy (non-hydrogen) atoms. The van der Waals surface area contributed by atoms with E-state index in [0.29, 0.717) is 0 Å². The summed E-state index contributed by atoms with van der Waals surface area (Å²) in [7, 11) is 2.46. The SMILES string of the molecule is CONC(=O)c1scnc1C(=O)Nc1c(F)c(F)c(-c2cccc(OC)c2)c(F)c1F. The van der Waals surface area contributed by atoms with Crippen LogP contribution < -0.4 is 15.5 Å². The number of carbonyl (C=O) groups is 2. The maximum atomic E-state index is 14.7. The number of anilines is 1. The Hall–Kier alpha value is -3.51. The van der Waals surface area contributed by atoms with E-state index in [-0.39, 0.29) is 16.2 Å². The van der Waals surface area contributed by atoms with Crippen LogP contribution in [0.4, 0.5) is 23.2 Å². The number of methoxy groups -OCH3 is 1. The van der Waals surface area contributed by atoms with Crippen LogP contribution >= 0.6 is 11.3 Å². The summed E-state index contributed by atoms with van der Waals surface area (Å²) >= 11 is 0.743. The molecule has 1 aromatic heterocycles. The van der Waals surface area contributed by atoms with E-state index < -0.39 is 52.0 Å². The summed E-state index contributed by atoms with van der Waals surface area (Å²) < 4.78 is 63.5. The number of nitrogens with zero attached hydrogens (tertiary/aromatic N) is 1. The summed E-state index contributed by atoms with van der Waals surface area (Å²) in [4.78, 5) is 32.1. The van der Waals surface area contributed by atoms with Gasteiger partial charge >= 0.3 is 0 Å². The smallest absolute Gasteiger partial charge is 0.287 e. The highest BCUT2D eigenvalue weighted by molar-refractivity contribution is 7.12. The van der Waals surface area contributed by atoms with Crippen molar-refractivity contribution in [3.8, 4) is 16.9 Å². The van der Waals surface area contributed by atoms with Gasteiger partial charge in [-0.2, -0.15) is 0 Å². The highest BCUT2D eigenvalue weighted by Crippen LogP contribution is 2.36. The van der Waals surface area contributed by atoms with E-state index in [4.69, 9.17) is 4.74 Å². The van der Waals surface area contributed by atoms with Gasteiger partial charge in [0.25, 0.3) is 11.8 Å². The predicted octanol–water partition coefficient (Wildman–Crippen LogP) is 3.92. The second-order valence-corrected chi connectivity index (χ2v) is 6.71. The molecule has 162 valence electrons. The van der Waals surface area contributed by atoms with Gasteiger partial charge in [-0.15, -0.1) is 11.3 Å². The average molecular weight is 455 g/mol. The summed E-state index contributed by atoms with van der Waals surface area (Å²) in [5.41, 5.74) is 0.0503. The summed E-state index contributed by atoms with van der Waals surface area (Å²) in [5.74, 6) is -9.00. The van der Waals surface area contributed by atoms with E-state index in [9.17, 15) is 27.2 Å². The Labute approximate surface area is 176 Å². The molecule has 1 heterocycles. The van der Waals surface area contributed by atoms with Crippen molar-refractivity contribution < 1.29 is 36.7 Å². The highest BCUT2D eigenvalue weighted by atomic mass is 32.1. The van der Waals surface area contributed by atoms with E-state index in [0.717, 1.165) is 24.0 Å². The van der Waals surface area contributed by atoms with Crippen molar-refractivity contribution in [3.63, 3.8) is 0 Å². The number of hydrogen-bond acceptors (Lipinski definition) is 6. The van der Waals surface area contributed by atoms with Crippen LogP contribution in [0.2, 0.25) is 0 Å². The zero-order valence-corrected chi connectivity index (χ0v) is 16.7. The van der Waals surface area contributed by atoms with Gasteiger partial charge < -0.3 is 10.1 Å². The van der Waals surface area contributed by atoms with E-state index in [1.807, 2.05) is 5.48 Å². The van der Waals surface area contributed by atoms with Crippen LogP contribution in [-0.4, -0.2) is 31.0 Å². The van der Waals surface area contributed by atoms with E-state index >= 15 is 0 Å². The zero-order valence-electron chi connectivity index (χ0n) is 15.9. The molecule has 0 unspecified atom stereocenters. The van der Waals surface area contributed by atoms with Crippen LogP contribution in [0, 0.1) is 23.3 Å². The van der Waals surface area contributed by atoms with Gasteiger partial charge in [0.05, 0.1) is 25.3 Å². The molecule has 0 atom stereocenters. The van der Waals surface area contributed by atoms with Gasteiger partial charge in [0, 0.05) is 0 Å². The Balaban J connectivity index is 2.02. The molecule has 2 aromatic carbocycles. The molecular formula is C19H13F4N3O4S. The van der Waals surface area contributed by atoms with Crippen molar-refractivity contribution in [2.24, 2.45) is 0 Å². The number of thiazole rings is 1. The summed E-state index contributed by atoms with van der Waals surface area (Å²) in [6.45, 7) is 0. The van der Waals surface area contributed by atoms with Crippen LogP contribution in [-0.2, 0) is 4.84 Å². The molecule has 0 aliphatic heterocycles. The lowest BCUT2D eigenvalue weighted by molar-refractivity contribution is 0.0539. The fourth-order valence-electron chi connectivity index (χ4n) is 2.65. The number of aromatic nitrogens is 1. The van der Waals surface area contributed by atoms with Gasteiger partial charge in [0.15, 0.2) is 29.0 Å². The molecule has 0 bridgehead atoms. The molecule has 0 aliphatic rings. The Bertz CT molecular complexity index is 1140. The summed E-state index contributed by atoms with van der Waals surface area (Å²) in [5, 5.41) is 1.73. The van der Waals surface area contributed by atoms with Gasteiger partial charge in [-0.3, -0.25) is 14.4 Å². The second kappa shape index (κ2) is 9.10. The third kappa shape index (κ3) is 4.20. The largest absolute Gasteiger partial charge is 0.497 e. The van der Waals surface area contributed by atoms with Crippen LogP contribution in [0.15, 0.2) is 29.8 Å². The highest BCUT2D eigenvalue weighted by Gasteiger charge is 2.29. The third-order valence-corrected chi connectivity index (χ3v) is 4.87. The molecule has 0 saturated heterocycles. The lowest BCUT2D eigenvalue weighted by Gasteiger charge is -2.13. The first kappa shape index (κ1) is 22.2. The van der Waals surface area contributed by atoms with Gasteiger partial charge in [0.2, 0.25) is 0 Å². The first-order chi connectivity index (χ1) is 14.8. The number of hydroxylamine groups is 1. The average Bonchev–Trinajstić information content (AvgIpc) is 3.26. The lowest BCUT2D eigenvalue weighted by atomic mass is 10.0. The number of benzene rings is 2. The number of amides is 2. The standard InChI is InChI=1S/C19H13F4N3O4S/c1-29-9-5-3-4-8(6-9)10-11(20)13(22)15(14(23)12(10)21)25-18(27)16-17(31-7-24-16)19(28)26-30-2/h3-7H,1-2H3,(H,25,27)(H,26,28). The number of ether oxygens (including phenoxy) is 1. The quantitative estimate of drug-likeness (QED) is 0.334. The minimum atomic E-state index is -1.83. The number of halogens is 4. The number of nitrogens with one attached hydrogen (secondary N) is 2. The van der Waals surface area contributed by atoms with E-state index in [1.54, 1.807) is 5.32 Å². The second-order valence-electron chi connectivity index (χ2n) is 5.86. The van der Waals surface area contributed by atoms with Gasteiger partial charge in [-0.1, -0.05) is 12.1 Å². The zero-order chi connectivity index (χ0) is 22.7. The topological polar surface area (TPSA) is 89.5 Å². The van der Waals surface area contributed by atoms with Crippen LogP contribution in [0.5, 0.6) is 5.75 Å². The fourth-order valence-corrected chi connectivity index (χ4v) is 3.32. The molecule has 2 N–H and O–H groups in total. The lowest BCUT2D eigenvalue weighted by Crippen LogP contribution is -2.25. The summed E-state index contributed by atoms with van der Waals surface area (Å²) in [6.07, 6.45) is 0. The van der Waals surface area contributed by atoms with Crippen molar-refractivity contribution in [2.75, 3.05) is 19.5 Å². The van der Waals surface area contributed by atoms with Crippen molar-refractivity contribution >= 4 is 28.8 Å². The minimum absolute atomic E-state index is 0.178. The van der Waals surface area contributed by atoms with Crippen molar-refractivity contribution in [1.29, 1.82) is 0 Å². The predicted molar refractivity (Wildman–Crippen MR) is 103 cm³/mol. The Morgan fingerprint density at radius 3 is 2.29 bits per heavy atom. The Morgan fingerprint density at radius 1 is 1.00 bits per heavy atom. The molecule has 0 aliphatic carbocycles. The normalized spacial score (nSPS) is 10.6. The van der Waals surface area contributed by atoms with Crippen molar-refractivity contribution in [1.82, 2.24) is 10.5 Å². The minimum Gasteiger partial charge on any atom is -0.497 e. The monoisotopic (exact) mass is 455 g/mol. The molecule has 3 aromatic rings. The van der Waals surface area contributed by atoms with E-state index in [2.05, 4.69) is 9.82 Å². The number of rotatable bonds is 6. The molecule has 0 fully saturated rings. The summed E-state index contributed by atoms with van der Waals surface area (Å²) in [6, 6.07) is 5.28. The first-order valence-electron chi connectivity index (χ1n) is 8.38. The van der Waals surface area contributed by atoms with Crippen LogP contribution in [0.3, 0.4) is 0 Å². The molecular weight excluding hydrogens is 442 g/mol. The fraction of sp³-hybridized carbons (Fsp3) is 0.105. The van der Waals surface area contributed by atoms with E-state index in [1.165, 1.54) is 31.4 Å². The third-order valence-electron chi connectivity index (χ3n) is 4.04. The van der Waals surface area contributed by atoms with Gasteiger partial charge in [-0.05, 0) is 17.7 Å². The van der Waals surface area contributed by atoms with Crippen molar-refractivity contribution in [2.45, 2.75) is 0 Å². The molecule has 7 nitrogen and oxygen atoms in total. The molecule has 2 amide bonds. The number of carbonyl (C=O) groups excluding carboxylic acids is 2. The maximum absolute atomic E-state index is 14.7. The van der Waals surface area contributed by atoms with Gasteiger partial charge in [0.1, 0.15) is 16.3 Å². The maximum Gasteiger partial charge on any atom is 0.287 e. The van der Waals surface area contributed by atoms with Crippen LogP contribution in [0.1, 0.15) is 20.2 Å². The Morgan fingerprint density at radius 2 is 1.68 bits per heavy atom. The molecule has 0 radical (unpaired) electrons. The molecule has 12 heteroatoms. The molecule has 3 rings (SSSR count). The van der Waals surface area contributed by atoms with Crippen molar-refractivity contribution in [3.05, 3.63) is 63.6 Å². The van der Waals surface area contributed by atoms with Crippen LogP contribution in [0.25, 0.3) is 11.1 Å². The molecule has 0 spiro atoms. The number of hydrogen-bond donors (Lipinski definition) is 2. The first-order valence-corrected chi connectivity index (χ1v) is 9.26. The van der Waals surface area contributed by atoms with Gasteiger partial charge in [-0.25, -0.2) is 28.0 Å². The molecule has 0 saturated carbocycles.